The van der Waals surface area contributed by atoms with E-state index in [2.05, 4.69) is 20.9 Å². The molecule has 0 bridgehead atoms. The normalized spacial score (nSPS) is 31.5. The second kappa shape index (κ2) is 9.51. The molecule has 0 aromatic carbocycles. The van der Waals surface area contributed by atoms with E-state index in [1.54, 1.807) is 0 Å². The summed E-state index contributed by atoms with van der Waals surface area (Å²) in [5.74, 6) is -1.95. The van der Waals surface area contributed by atoms with E-state index in [0.29, 0.717) is 31.0 Å². The molecule has 35 heavy (non-hydrogen) atoms. The summed E-state index contributed by atoms with van der Waals surface area (Å²) in [5, 5.41) is 24.3. The molecule has 11 nitrogen and oxygen atoms in total. The number of alkyl halides is 1. The lowest BCUT2D eigenvalue weighted by atomic mass is 9.78. The van der Waals surface area contributed by atoms with Crippen molar-refractivity contribution >= 4 is 29.5 Å². The maximum absolute atomic E-state index is 13.1. The highest BCUT2D eigenvalue weighted by Crippen LogP contribution is 2.53. The van der Waals surface area contributed by atoms with E-state index < -0.39 is 18.6 Å². The highest BCUT2D eigenvalue weighted by Gasteiger charge is 2.61. The monoisotopic (exact) mass is 507 g/mol. The Morgan fingerprint density at radius 1 is 1.34 bits per heavy atom. The highest BCUT2D eigenvalue weighted by atomic mass is 32.2. The molecule has 4 aliphatic rings. The van der Waals surface area contributed by atoms with E-state index in [1.807, 2.05) is 18.7 Å². The number of nitrogens with one attached hydrogen (secondary N) is 2. The van der Waals surface area contributed by atoms with E-state index in [4.69, 9.17) is 0 Å². The maximum Gasteiger partial charge on any atom is 0.353 e. The molecule has 0 radical (unpaired) electrons. The molecule has 1 aromatic heterocycles. The molecule has 4 aliphatic heterocycles. The number of amides is 2. The van der Waals surface area contributed by atoms with Crippen molar-refractivity contribution in [3.8, 4) is 0 Å². The molecule has 13 heteroatoms. The fraction of sp³-hybridized carbons (Fsp3) is 0.682. The largest absolute Gasteiger partial charge is 0.477 e. The zero-order valence-electron chi connectivity index (χ0n) is 19.7. The molecule has 5 rings (SSSR count). The van der Waals surface area contributed by atoms with E-state index >= 15 is 0 Å². The first kappa shape index (κ1) is 24.2. The number of fused-ring (bicyclic) bond motifs is 1. The zero-order valence-corrected chi connectivity index (χ0v) is 20.5. The summed E-state index contributed by atoms with van der Waals surface area (Å²) in [6.45, 7) is 6.59. The van der Waals surface area contributed by atoms with E-state index in [9.17, 15) is 23.9 Å². The van der Waals surface area contributed by atoms with Gasteiger partial charge in [-0.1, -0.05) is 12.1 Å². The number of carboxylic acid groups (broad SMARTS) is 1. The zero-order chi connectivity index (χ0) is 24.9. The second-order valence-corrected chi connectivity index (χ2v) is 10.9. The number of halogens is 1. The van der Waals surface area contributed by atoms with Gasteiger partial charge in [-0.15, -0.1) is 16.9 Å². The Kier molecular flexibility index (Phi) is 6.57. The second-order valence-electron chi connectivity index (χ2n) is 9.61. The molecule has 0 aliphatic carbocycles. The lowest BCUT2D eigenvalue weighted by molar-refractivity contribution is -0.159. The van der Waals surface area contributed by atoms with Crippen LogP contribution in [0.1, 0.15) is 32.0 Å². The first-order chi connectivity index (χ1) is 16.8. The Morgan fingerprint density at radius 2 is 2.09 bits per heavy atom. The van der Waals surface area contributed by atoms with E-state index in [-0.39, 0.29) is 52.5 Å². The van der Waals surface area contributed by atoms with Crippen LogP contribution < -0.4 is 10.6 Å². The number of carbonyl (C=O) groups is 3. The smallest absolute Gasteiger partial charge is 0.353 e. The number of hydrogen-bond acceptors (Lipinski definition) is 8. The summed E-state index contributed by atoms with van der Waals surface area (Å²) < 4.78 is 14.4. The summed E-state index contributed by atoms with van der Waals surface area (Å²) >= 11 is 1.47. The Labute approximate surface area is 206 Å². The topological polar surface area (TPSA) is 133 Å². The lowest BCUT2D eigenvalue weighted by Gasteiger charge is -2.47. The lowest BCUT2D eigenvalue weighted by Crippen LogP contribution is -2.62. The van der Waals surface area contributed by atoms with Crippen molar-refractivity contribution in [2.24, 2.45) is 11.8 Å². The molecular weight excluding hydrogens is 477 g/mol. The predicted molar refractivity (Wildman–Crippen MR) is 125 cm³/mol. The van der Waals surface area contributed by atoms with Gasteiger partial charge in [0.1, 0.15) is 18.1 Å². The molecular formula is C22H30FN7O4S. The molecule has 0 saturated carbocycles. The van der Waals surface area contributed by atoms with Gasteiger partial charge in [0.15, 0.2) is 0 Å². The highest BCUT2D eigenvalue weighted by molar-refractivity contribution is 8.03. The fourth-order valence-electron chi connectivity index (χ4n) is 5.68. The van der Waals surface area contributed by atoms with Crippen LogP contribution >= 0.6 is 11.8 Å². The van der Waals surface area contributed by atoms with E-state index in [0.717, 1.165) is 13.1 Å². The molecule has 0 spiro atoms. The minimum atomic E-state index is -1.12. The molecule has 190 valence electrons. The standard InChI is InChI=1S/C22H30FN7O4S/c1-11-17-16(12(2)29-10-13(8-23)26-27-29)21(32)30(17)18(22(33)34)19(11)35-14-7-15(25-9-14)20(31)28-5-3-24-4-6-28/h10-12,14-17,24-25H,3-9H2,1-2H3,(H,33,34)/t11-,12-,14-,15+,16-,17-/m1/s1. The van der Waals surface area contributed by atoms with Gasteiger partial charge < -0.3 is 25.5 Å². The van der Waals surface area contributed by atoms with Gasteiger partial charge in [0.05, 0.1) is 30.2 Å². The minimum absolute atomic E-state index is 0.0331. The van der Waals surface area contributed by atoms with Gasteiger partial charge in [-0.2, -0.15) is 0 Å². The number of piperazine rings is 1. The fourth-order valence-corrected chi connectivity index (χ4v) is 7.16. The number of carbonyl (C=O) groups excluding carboxylic acids is 2. The maximum atomic E-state index is 13.1. The Balaban J connectivity index is 1.29. The molecule has 5 heterocycles. The van der Waals surface area contributed by atoms with Crippen LogP contribution in [0.25, 0.3) is 0 Å². The van der Waals surface area contributed by atoms with Crippen LogP contribution in [-0.4, -0.2) is 97.7 Å². The van der Waals surface area contributed by atoms with Gasteiger partial charge in [-0.3, -0.25) is 9.59 Å². The average molecular weight is 508 g/mol. The third-order valence-electron chi connectivity index (χ3n) is 7.53. The summed E-state index contributed by atoms with van der Waals surface area (Å²) in [7, 11) is 0. The van der Waals surface area contributed by atoms with Gasteiger partial charge >= 0.3 is 5.97 Å². The van der Waals surface area contributed by atoms with Crippen LogP contribution in [0, 0.1) is 11.8 Å². The summed E-state index contributed by atoms with van der Waals surface area (Å²) in [5.41, 5.74) is 0.236. The third kappa shape index (κ3) is 4.12. The molecule has 0 unspecified atom stereocenters. The van der Waals surface area contributed by atoms with Crippen molar-refractivity contribution in [1.29, 1.82) is 0 Å². The molecule has 1 aromatic rings. The number of aromatic nitrogens is 3. The number of carboxylic acids is 1. The Morgan fingerprint density at radius 3 is 2.74 bits per heavy atom. The van der Waals surface area contributed by atoms with Crippen LogP contribution in [0.3, 0.4) is 0 Å². The molecule has 3 saturated heterocycles. The predicted octanol–water partition coefficient (Wildman–Crippen LogP) is -0.0230. The molecule has 2 amide bonds. The first-order valence-corrected chi connectivity index (χ1v) is 12.9. The molecule has 6 atom stereocenters. The van der Waals surface area contributed by atoms with Gasteiger partial charge in [0.25, 0.3) is 0 Å². The van der Waals surface area contributed by atoms with E-state index in [1.165, 1.54) is 27.5 Å². The quantitative estimate of drug-likeness (QED) is 0.436. The van der Waals surface area contributed by atoms with Gasteiger partial charge in [0, 0.05) is 48.8 Å². The van der Waals surface area contributed by atoms with Crippen molar-refractivity contribution < 1.29 is 23.9 Å². The summed E-state index contributed by atoms with van der Waals surface area (Å²) in [6.07, 6.45) is 2.10. The number of β-lactam (4-membered cyclic amide) rings is 1. The van der Waals surface area contributed by atoms with Gasteiger partial charge in [-0.25, -0.2) is 13.9 Å². The van der Waals surface area contributed by atoms with Crippen molar-refractivity contribution in [3.63, 3.8) is 0 Å². The minimum Gasteiger partial charge on any atom is -0.477 e. The number of rotatable bonds is 7. The van der Waals surface area contributed by atoms with Crippen LogP contribution in [0.15, 0.2) is 16.8 Å². The molecule has 3 fully saturated rings. The van der Waals surface area contributed by atoms with Crippen molar-refractivity contribution in [2.45, 2.75) is 50.3 Å². The van der Waals surface area contributed by atoms with Crippen LogP contribution in [0.5, 0.6) is 0 Å². The summed E-state index contributed by atoms with van der Waals surface area (Å²) in [6, 6.07) is -0.969. The number of nitrogens with zero attached hydrogens (tertiary/aromatic N) is 5. The number of hydrogen-bond donors (Lipinski definition) is 3. The van der Waals surface area contributed by atoms with Crippen LogP contribution in [-0.2, 0) is 21.1 Å². The first-order valence-electron chi connectivity index (χ1n) is 12.0. The van der Waals surface area contributed by atoms with Gasteiger partial charge in [0.2, 0.25) is 11.8 Å². The van der Waals surface area contributed by atoms with Crippen molar-refractivity contribution in [1.82, 2.24) is 35.4 Å². The number of aliphatic carboxylic acids is 1. The Hall–Kier alpha value is -2.51. The average Bonchev–Trinajstić information content (AvgIpc) is 3.58. The van der Waals surface area contributed by atoms with Crippen molar-refractivity contribution in [2.75, 3.05) is 32.7 Å². The Bertz CT molecular complexity index is 1060. The third-order valence-corrected chi connectivity index (χ3v) is 9.05. The molecule has 3 N–H and O–H groups in total. The van der Waals surface area contributed by atoms with Gasteiger partial charge in [-0.05, 0) is 13.3 Å². The number of thioether (sulfide) groups is 1. The van der Waals surface area contributed by atoms with Crippen molar-refractivity contribution in [3.05, 3.63) is 22.5 Å². The SMILES string of the molecule is C[C@H]([C@H]1C(=O)N2C(C(=O)O)=C(S[C@H]3CN[C@H](C(=O)N4CCNCC4)C3)[C@H](C)[C@H]12)n1cc(CF)nn1. The van der Waals surface area contributed by atoms with Crippen LogP contribution in [0.2, 0.25) is 0 Å². The summed E-state index contributed by atoms with van der Waals surface area (Å²) in [4.78, 5) is 42.2. The van der Waals surface area contributed by atoms with Crippen LogP contribution in [0.4, 0.5) is 4.39 Å².